The molecule has 2 aromatic rings. The summed E-state index contributed by atoms with van der Waals surface area (Å²) in [5.74, 6) is -0.841. The number of anilines is 1. The molecule has 0 bridgehead atoms. The van der Waals surface area contributed by atoms with Gasteiger partial charge in [-0.05, 0) is 43.0 Å². The van der Waals surface area contributed by atoms with E-state index in [1.807, 2.05) is 43.5 Å². The van der Waals surface area contributed by atoms with Gasteiger partial charge in [-0.15, -0.1) is 0 Å². The van der Waals surface area contributed by atoms with Gasteiger partial charge in [0.1, 0.15) is 17.7 Å². The van der Waals surface area contributed by atoms with E-state index < -0.39 is 27.2 Å². The van der Waals surface area contributed by atoms with E-state index in [-0.39, 0.29) is 17.7 Å². The van der Waals surface area contributed by atoms with Gasteiger partial charge in [-0.3, -0.25) is 20.2 Å². The first kappa shape index (κ1) is 26.5. The maximum Gasteiger partial charge on any atom is 0.338 e. The molecule has 0 saturated carbocycles. The summed E-state index contributed by atoms with van der Waals surface area (Å²) < 4.78 is 5.11. The molecular weight excluding hydrogens is 454 g/mol. The average molecular weight is 477 g/mol. The minimum absolute atomic E-state index is 0.0446. The van der Waals surface area contributed by atoms with Crippen molar-refractivity contribution in [3.8, 4) is 12.1 Å². The molecule has 11 nitrogen and oxygen atoms in total. The highest BCUT2D eigenvalue weighted by Gasteiger charge is 2.20. The summed E-state index contributed by atoms with van der Waals surface area (Å²) in [7, 11) is 1.96. The maximum absolute atomic E-state index is 12.1. The highest BCUT2D eigenvalue weighted by molar-refractivity contribution is 5.91. The molecule has 0 atom stereocenters. The Morgan fingerprint density at radius 2 is 1.54 bits per heavy atom. The highest BCUT2D eigenvalue weighted by atomic mass is 16.6. The van der Waals surface area contributed by atoms with Gasteiger partial charge >= 0.3 is 5.97 Å². The van der Waals surface area contributed by atoms with Crippen LogP contribution in [0.5, 0.6) is 0 Å². The molecule has 0 aliphatic carbocycles. The summed E-state index contributed by atoms with van der Waals surface area (Å²) in [6, 6.07) is 13.9. The van der Waals surface area contributed by atoms with Crippen LogP contribution in [0.1, 0.15) is 41.6 Å². The van der Waals surface area contributed by atoms with Gasteiger partial charge in [-0.25, -0.2) is 4.79 Å². The van der Waals surface area contributed by atoms with Crippen LogP contribution in [0.2, 0.25) is 0 Å². The quantitative estimate of drug-likeness (QED) is 0.137. The van der Waals surface area contributed by atoms with Gasteiger partial charge in [0.25, 0.3) is 11.4 Å². The molecule has 0 unspecified atom stereocenters. The standard InChI is InChI=1S/C24H23N5O6/c1-27(21-8-6-18(7-9-21)12-19(16-25)17-26)10-4-2-3-5-11-35-24(30)20-13-22(28(31)32)15-23(14-20)29(33)34/h6-9,12-15H,2-5,10-11H2,1H3. The Morgan fingerprint density at radius 1 is 0.971 bits per heavy atom. The SMILES string of the molecule is CN(CCCCCCOC(=O)c1cc([N+](=O)[O-])cc([N+](=O)[O-])c1)c1ccc(C=C(C#N)C#N)cc1. The molecule has 0 fully saturated rings. The third-order valence-corrected chi connectivity index (χ3v) is 5.07. The van der Waals surface area contributed by atoms with Crippen LogP contribution in [0.25, 0.3) is 6.08 Å². The number of esters is 1. The van der Waals surface area contributed by atoms with Crippen LogP contribution in [0.15, 0.2) is 48.0 Å². The van der Waals surface area contributed by atoms with E-state index in [2.05, 4.69) is 4.90 Å². The largest absolute Gasteiger partial charge is 0.462 e. The molecule has 180 valence electrons. The van der Waals surface area contributed by atoms with Gasteiger partial charge in [0.15, 0.2) is 0 Å². The number of rotatable bonds is 12. The lowest BCUT2D eigenvalue weighted by Gasteiger charge is -2.19. The molecule has 0 spiro atoms. The van der Waals surface area contributed by atoms with Crippen molar-refractivity contribution in [2.45, 2.75) is 25.7 Å². The summed E-state index contributed by atoms with van der Waals surface area (Å²) in [5.41, 5.74) is 0.492. The molecule has 0 saturated heterocycles. The molecule has 2 aromatic carbocycles. The van der Waals surface area contributed by atoms with Crippen LogP contribution in [0, 0.1) is 42.9 Å². The van der Waals surface area contributed by atoms with E-state index in [9.17, 15) is 25.0 Å². The molecule has 0 aliphatic rings. The number of nitro groups is 2. The Morgan fingerprint density at radius 3 is 2.09 bits per heavy atom. The van der Waals surface area contributed by atoms with E-state index in [4.69, 9.17) is 15.3 Å². The number of carbonyl (C=O) groups excluding carboxylic acids is 1. The third-order valence-electron chi connectivity index (χ3n) is 5.07. The van der Waals surface area contributed by atoms with Crippen LogP contribution in [0.3, 0.4) is 0 Å². The molecule has 0 amide bonds. The number of non-ortho nitro benzene ring substituents is 2. The molecule has 0 aromatic heterocycles. The fourth-order valence-corrected chi connectivity index (χ4v) is 3.19. The molecule has 35 heavy (non-hydrogen) atoms. The second-order valence-electron chi connectivity index (χ2n) is 7.60. The Kier molecular flexibility index (Phi) is 9.88. The fourth-order valence-electron chi connectivity index (χ4n) is 3.19. The second kappa shape index (κ2) is 13.1. The van der Waals surface area contributed by atoms with Gasteiger partial charge in [-0.1, -0.05) is 18.6 Å². The van der Waals surface area contributed by atoms with Gasteiger partial charge in [-0.2, -0.15) is 10.5 Å². The average Bonchev–Trinajstić information content (AvgIpc) is 2.86. The number of hydrogen-bond donors (Lipinski definition) is 0. The molecule has 0 radical (unpaired) electrons. The summed E-state index contributed by atoms with van der Waals surface area (Å²) in [5, 5.41) is 39.5. The molecule has 0 N–H and O–H groups in total. The van der Waals surface area contributed by atoms with E-state index in [0.29, 0.717) is 6.42 Å². The molecule has 11 heteroatoms. The second-order valence-corrected chi connectivity index (χ2v) is 7.60. The van der Waals surface area contributed by atoms with E-state index in [0.717, 1.165) is 55.3 Å². The Labute approximate surface area is 201 Å². The van der Waals surface area contributed by atoms with Crippen LogP contribution in [-0.4, -0.2) is 36.0 Å². The Balaban J connectivity index is 1.73. The lowest BCUT2D eigenvalue weighted by molar-refractivity contribution is -0.394. The number of carbonyl (C=O) groups is 1. The molecular formula is C24H23N5O6. The van der Waals surface area contributed by atoms with Crippen molar-refractivity contribution in [3.05, 3.63) is 79.4 Å². The number of hydrogen-bond acceptors (Lipinski definition) is 9. The zero-order valence-electron chi connectivity index (χ0n) is 19.0. The minimum atomic E-state index is -0.841. The normalized spacial score (nSPS) is 9.91. The van der Waals surface area contributed by atoms with Gasteiger partial charge in [0, 0.05) is 31.4 Å². The summed E-state index contributed by atoms with van der Waals surface area (Å²) in [4.78, 5) is 34.5. The van der Waals surface area contributed by atoms with Crippen molar-refractivity contribution >= 4 is 29.1 Å². The Hall–Kier alpha value is -4.77. The molecule has 0 heterocycles. The fraction of sp³-hybridized carbons (Fsp3) is 0.292. The van der Waals surface area contributed by atoms with Crippen LogP contribution in [0.4, 0.5) is 17.1 Å². The lowest BCUT2D eigenvalue weighted by atomic mass is 10.1. The van der Waals surface area contributed by atoms with Crippen LogP contribution < -0.4 is 4.90 Å². The van der Waals surface area contributed by atoms with Crippen molar-refractivity contribution in [2.75, 3.05) is 25.1 Å². The van der Waals surface area contributed by atoms with Crippen molar-refractivity contribution in [1.82, 2.24) is 0 Å². The molecule has 2 rings (SSSR count). The number of allylic oxidation sites excluding steroid dienone is 1. The van der Waals surface area contributed by atoms with Crippen LogP contribution >= 0.6 is 0 Å². The zero-order chi connectivity index (χ0) is 25.8. The number of benzene rings is 2. The predicted octanol–water partition coefficient (Wildman–Crippen LogP) is 4.79. The minimum Gasteiger partial charge on any atom is -0.462 e. The topological polar surface area (TPSA) is 163 Å². The number of nitro benzene ring substituents is 2. The maximum atomic E-state index is 12.1. The zero-order valence-corrected chi connectivity index (χ0v) is 19.0. The third kappa shape index (κ3) is 8.26. The lowest BCUT2D eigenvalue weighted by Crippen LogP contribution is -2.18. The summed E-state index contributed by atoms with van der Waals surface area (Å²) in [6.07, 6.45) is 4.70. The number of nitriles is 2. The van der Waals surface area contributed by atoms with E-state index >= 15 is 0 Å². The van der Waals surface area contributed by atoms with E-state index in [1.165, 1.54) is 6.08 Å². The van der Waals surface area contributed by atoms with E-state index in [1.54, 1.807) is 0 Å². The van der Waals surface area contributed by atoms with Crippen molar-refractivity contribution in [3.63, 3.8) is 0 Å². The highest BCUT2D eigenvalue weighted by Crippen LogP contribution is 2.23. The van der Waals surface area contributed by atoms with Gasteiger partial charge in [0.05, 0.1) is 28.1 Å². The predicted molar refractivity (Wildman–Crippen MR) is 127 cm³/mol. The Bertz CT molecular complexity index is 1150. The monoisotopic (exact) mass is 477 g/mol. The van der Waals surface area contributed by atoms with Crippen molar-refractivity contribution in [1.29, 1.82) is 10.5 Å². The summed E-state index contributed by atoms with van der Waals surface area (Å²) in [6.45, 7) is 0.904. The first-order valence-electron chi connectivity index (χ1n) is 10.7. The number of nitrogens with zero attached hydrogens (tertiary/aromatic N) is 5. The van der Waals surface area contributed by atoms with Crippen LogP contribution in [-0.2, 0) is 4.74 Å². The first-order valence-corrected chi connectivity index (χ1v) is 10.7. The van der Waals surface area contributed by atoms with Gasteiger partial charge in [0.2, 0.25) is 0 Å². The first-order chi connectivity index (χ1) is 16.7. The number of ether oxygens (including phenoxy) is 1. The van der Waals surface area contributed by atoms with Crippen molar-refractivity contribution in [2.24, 2.45) is 0 Å². The van der Waals surface area contributed by atoms with Gasteiger partial charge < -0.3 is 9.64 Å². The summed E-state index contributed by atoms with van der Waals surface area (Å²) >= 11 is 0. The smallest absolute Gasteiger partial charge is 0.338 e. The van der Waals surface area contributed by atoms with Crippen molar-refractivity contribution < 1.29 is 19.4 Å². The molecule has 0 aliphatic heterocycles. The number of unbranched alkanes of at least 4 members (excludes halogenated alkanes) is 3.